The van der Waals surface area contributed by atoms with Gasteiger partial charge in [-0.3, -0.25) is 9.48 Å². The molecule has 0 aliphatic carbocycles. The average molecular weight is 359 g/mol. The van der Waals surface area contributed by atoms with Crippen molar-refractivity contribution in [1.82, 2.24) is 9.78 Å². The molecule has 0 atom stereocenters. The summed E-state index contributed by atoms with van der Waals surface area (Å²) < 4.78 is 6.67. The Hall–Kier alpha value is -2.87. The summed E-state index contributed by atoms with van der Waals surface area (Å²) in [6.07, 6.45) is 3.77. The molecule has 0 aliphatic heterocycles. The van der Waals surface area contributed by atoms with E-state index in [4.69, 9.17) is 4.74 Å². The van der Waals surface area contributed by atoms with Gasteiger partial charge in [0.15, 0.2) is 0 Å². The van der Waals surface area contributed by atoms with Crippen molar-refractivity contribution in [2.24, 2.45) is 5.92 Å². The summed E-state index contributed by atoms with van der Waals surface area (Å²) in [5.74, 6) is 0.280. The number of urea groups is 1. The summed E-state index contributed by atoms with van der Waals surface area (Å²) in [5.41, 5.74) is 1.91. The second-order valence-corrected chi connectivity index (χ2v) is 6.29. The van der Waals surface area contributed by atoms with Crippen molar-refractivity contribution in [3.8, 4) is 0 Å². The molecule has 3 amide bonds. The minimum absolute atomic E-state index is 0.0241. The highest BCUT2D eigenvalue weighted by molar-refractivity contribution is 5.99. The number of hydrogen-bond acceptors (Lipinski definition) is 4. The minimum atomic E-state index is -0.368. The normalized spacial score (nSPS) is 10.6. The van der Waals surface area contributed by atoms with E-state index in [2.05, 4.69) is 21.0 Å². The van der Waals surface area contributed by atoms with Crippen LogP contribution in [0.1, 0.15) is 20.3 Å². The quantitative estimate of drug-likeness (QED) is 0.674. The van der Waals surface area contributed by atoms with E-state index in [0.717, 1.165) is 0 Å². The number of anilines is 3. The molecule has 2 aromatic rings. The van der Waals surface area contributed by atoms with Crippen molar-refractivity contribution in [2.45, 2.75) is 26.8 Å². The monoisotopic (exact) mass is 359 g/mol. The highest BCUT2D eigenvalue weighted by atomic mass is 16.5. The van der Waals surface area contributed by atoms with Gasteiger partial charge in [-0.15, -0.1) is 0 Å². The Morgan fingerprint density at radius 1 is 1.08 bits per heavy atom. The van der Waals surface area contributed by atoms with E-state index in [1.54, 1.807) is 48.5 Å². The van der Waals surface area contributed by atoms with Crippen molar-refractivity contribution in [1.29, 1.82) is 0 Å². The Morgan fingerprint density at radius 3 is 2.31 bits per heavy atom. The standard InChI is InChI=1S/C18H25N5O3/c1-13(2)10-17(24)20-14-4-6-15(7-5-14)21-18(25)22-16-11-19-23(12-16)8-9-26-3/h4-7,11-13H,8-10H2,1-3H3,(H,20,24)(H2,21,22,25). The number of carbonyl (C=O) groups is 2. The molecule has 0 spiro atoms. The number of benzene rings is 1. The molecule has 0 aliphatic rings. The lowest BCUT2D eigenvalue weighted by Crippen LogP contribution is -2.19. The fourth-order valence-corrected chi connectivity index (χ4v) is 2.25. The van der Waals surface area contributed by atoms with Crippen LogP contribution in [0, 0.1) is 5.92 Å². The number of rotatable bonds is 8. The molecule has 26 heavy (non-hydrogen) atoms. The lowest BCUT2D eigenvalue weighted by molar-refractivity contribution is -0.116. The van der Waals surface area contributed by atoms with Gasteiger partial charge in [0.2, 0.25) is 5.91 Å². The van der Waals surface area contributed by atoms with Crippen LogP contribution in [0.4, 0.5) is 21.9 Å². The molecule has 0 radical (unpaired) electrons. The molecular weight excluding hydrogens is 334 g/mol. The van der Waals surface area contributed by atoms with E-state index in [0.29, 0.717) is 42.6 Å². The molecule has 1 heterocycles. The van der Waals surface area contributed by atoms with Crippen LogP contribution in [0.3, 0.4) is 0 Å². The zero-order chi connectivity index (χ0) is 18.9. The number of aromatic nitrogens is 2. The van der Waals surface area contributed by atoms with Crippen LogP contribution in [-0.2, 0) is 16.1 Å². The smallest absolute Gasteiger partial charge is 0.323 e. The van der Waals surface area contributed by atoms with Crippen LogP contribution in [-0.4, -0.2) is 35.4 Å². The van der Waals surface area contributed by atoms with Crippen molar-refractivity contribution in [2.75, 3.05) is 29.7 Å². The van der Waals surface area contributed by atoms with Crippen molar-refractivity contribution >= 4 is 29.0 Å². The minimum Gasteiger partial charge on any atom is -0.383 e. The van der Waals surface area contributed by atoms with Crippen LogP contribution in [0.5, 0.6) is 0 Å². The Labute approximate surface area is 152 Å². The maximum Gasteiger partial charge on any atom is 0.323 e. The molecule has 2 rings (SSSR count). The molecule has 1 aromatic carbocycles. The first-order valence-corrected chi connectivity index (χ1v) is 8.45. The average Bonchev–Trinajstić information content (AvgIpc) is 3.01. The van der Waals surface area contributed by atoms with Gasteiger partial charge >= 0.3 is 6.03 Å². The second-order valence-electron chi connectivity index (χ2n) is 6.29. The third-order valence-electron chi connectivity index (χ3n) is 3.44. The van der Waals surface area contributed by atoms with Gasteiger partial charge < -0.3 is 20.7 Å². The van der Waals surface area contributed by atoms with Gasteiger partial charge in [-0.05, 0) is 30.2 Å². The number of carbonyl (C=O) groups excluding carboxylic acids is 2. The Kier molecular flexibility index (Phi) is 7.16. The van der Waals surface area contributed by atoms with Gasteiger partial charge in [-0.1, -0.05) is 13.8 Å². The first-order chi connectivity index (χ1) is 12.5. The lowest BCUT2D eigenvalue weighted by atomic mass is 10.1. The predicted molar refractivity (Wildman–Crippen MR) is 101 cm³/mol. The molecule has 1 aromatic heterocycles. The van der Waals surface area contributed by atoms with Gasteiger partial charge in [0, 0.05) is 31.1 Å². The summed E-state index contributed by atoms with van der Waals surface area (Å²) in [5, 5.41) is 12.4. The van der Waals surface area contributed by atoms with E-state index < -0.39 is 0 Å². The number of nitrogens with zero attached hydrogens (tertiary/aromatic N) is 2. The molecular formula is C18H25N5O3. The topological polar surface area (TPSA) is 97.3 Å². The molecule has 0 unspecified atom stereocenters. The number of hydrogen-bond donors (Lipinski definition) is 3. The molecule has 0 saturated heterocycles. The first kappa shape index (κ1) is 19.5. The molecule has 0 fully saturated rings. The zero-order valence-electron chi connectivity index (χ0n) is 15.3. The number of nitrogens with one attached hydrogen (secondary N) is 3. The van der Waals surface area contributed by atoms with Crippen molar-refractivity contribution in [3.63, 3.8) is 0 Å². The summed E-state index contributed by atoms with van der Waals surface area (Å²) in [6.45, 7) is 5.15. The molecule has 0 bridgehead atoms. The fraction of sp³-hybridized carbons (Fsp3) is 0.389. The number of amides is 3. The van der Waals surface area contributed by atoms with Crippen LogP contribution < -0.4 is 16.0 Å². The molecule has 0 saturated carbocycles. The SMILES string of the molecule is COCCn1cc(NC(=O)Nc2ccc(NC(=O)CC(C)C)cc2)cn1. The summed E-state index contributed by atoms with van der Waals surface area (Å²) in [4.78, 5) is 23.8. The van der Waals surface area contributed by atoms with Gasteiger partial charge in [-0.25, -0.2) is 4.79 Å². The van der Waals surface area contributed by atoms with E-state index in [9.17, 15) is 9.59 Å². The molecule has 8 nitrogen and oxygen atoms in total. The summed E-state index contributed by atoms with van der Waals surface area (Å²) >= 11 is 0. The van der Waals surface area contributed by atoms with E-state index in [-0.39, 0.29) is 11.9 Å². The van der Waals surface area contributed by atoms with Crippen LogP contribution in [0.2, 0.25) is 0 Å². The number of methoxy groups -OCH3 is 1. The van der Waals surface area contributed by atoms with Gasteiger partial charge in [0.1, 0.15) is 0 Å². The maximum atomic E-state index is 12.0. The van der Waals surface area contributed by atoms with Gasteiger partial charge in [0.05, 0.1) is 25.0 Å². The van der Waals surface area contributed by atoms with E-state index >= 15 is 0 Å². The van der Waals surface area contributed by atoms with Crippen LogP contribution >= 0.6 is 0 Å². The lowest BCUT2D eigenvalue weighted by Gasteiger charge is -2.09. The Morgan fingerprint density at radius 2 is 1.69 bits per heavy atom. The van der Waals surface area contributed by atoms with Gasteiger partial charge in [-0.2, -0.15) is 5.10 Å². The van der Waals surface area contributed by atoms with Crippen LogP contribution in [0.25, 0.3) is 0 Å². The predicted octanol–water partition coefficient (Wildman–Crippen LogP) is 3.16. The molecule has 3 N–H and O–H groups in total. The first-order valence-electron chi connectivity index (χ1n) is 8.45. The molecule has 140 valence electrons. The van der Waals surface area contributed by atoms with E-state index in [1.807, 2.05) is 13.8 Å². The Bertz CT molecular complexity index is 725. The third-order valence-corrected chi connectivity index (χ3v) is 3.44. The highest BCUT2D eigenvalue weighted by Gasteiger charge is 2.07. The maximum absolute atomic E-state index is 12.0. The Balaban J connectivity index is 1.83. The van der Waals surface area contributed by atoms with Crippen LogP contribution in [0.15, 0.2) is 36.7 Å². The zero-order valence-corrected chi connectivity index (χ0v) is 15.3. The summed E-state index contributed by atoms with van der Waals surface area (Å²) in [7, 11) is 1.62. The largest absolute Gasteiger partial charge is 0.383 e. The van der Waals surface area contributed by atoms with Gasteiger partial charge in [0.25, 0.3) is 0 Å². The van der Waals surface area contributed by atoms with Crippen molar-refractivity contribution in [3.05, 3.63) is 36.7 Å². The number of ether oxygens (including phenoxy) is 1. The third kappa shape index (κ3) is 6.56. The highest BCUT2D eigenvalue weighted by Crippen LogP contribution is 2.15. The second kappa shape index (κ2) is 9.57. The van der Waals surface area contributed by atoms with Crippen molar-refractivity contribution < 1.29 is 14.3 Å². The van der Waals surface area contributed by atoms with E-state index in [1.165, 1.54) is 0 Å². The summed E-state index contributed by atoms with van der Waals surface area (Å²) in [6, 6.07) is 6.58. The molecule has 8 heteroatoms. The fourth-order valence-electron chi connectivity index (χ4n) is 2.25.